The molecule has 0 bridgehead atoms. The van der Waals surface area contributed by atoms with Crippen molar-refractivity contribution < 1.29 is 57.5 Å². The van der Waals surface area contributed by atoms with Crippen LogP contribution in [0.2, 0.25) is 0 Å². The second-order valence-corrected chi connectivity index (χ2v) is 19.4. The van der Waals surface area contributed by atoms with Crippen LogP contribution in [0.4, 0.5) is 9.59 Å². The number of ether oxygens (including phenoxy) is 4. The Labute approximate surface area is 376 Å². The normalized spacial score (nSPS) is 19.3. The second kappa shape index (κ2) is 21.5. The van der Waals surface area contributed by atoms with Crippen LogP contribution in [0.3, 0.4) is 0 Å². The van der Waals surface area contributed by atoms with E-state index in [0.717, 1.165) is 5.57 Å². The van der Waals surface area contributed by atoms with E-state index in [1.165, 1.54) is 9.80 Å². The van der Waals surface area contributed by atoms with Crippen LogP contribution < -0.4 is 0 Å². The average molecular weight is 895 g/mol. The number of esters is 2. The van der Waals surface area contributed by atoms with Gasteiger partial charge in [0.1, 0.15) is 40.2 Å². The maximum Gasteiger partial charge on any atom is 0.411 e. The molecule has 2 amide bonds. The van der Waals surface area contributed by atoms with E-state index >= 15 is 0 Å². The molecule has 2 aromatic rings. The van der Waals surface area contributed by atoms with E-state index in [4.69, 9.17) is 23.8 Å². The molecule has 0 N–H and O–H groups in total. The predicted molar refractivity (Wildman–Crippen MR) is 240 cm³/mol. The van der Waals surface area contributed by atoms with Crippen molar-refractivity contribution in [3.8, 4) is 0 Å². The number of likely N-dealkylation sites (tertiary alicyclic amines) is 2. The standard InChI is InChI=1S/C23H30N2O6.C15H25NO4.C8H7NO3.CH4/c1-21(2,3)29-19(27)17-13-23(14-25(17)20(28)30-22(4,5)6)12-16(24-31-23)18(26)15-10-8-7-9-11-15;1-10-8-11(12(17)19-14(2,3)4)16(9-10)13(18)20-15(5,6)7;10-8(6-9(11)12)7-4-2-1-3-5-7;/h7-11,17H,12-14H2,1-6H3;11H,1,8-9H2,2-7H3;1-5H,6H2;1H4/t17-,23+;11-;;/m00../s1. The molecule has 0 unspecified atom stereocenters. The van der Waals surface area contributed by atoms with Gasteiger partial charge in [-0.1, -0.05) is 85.4 Å². The number of nitro groups is 1. The first-order chi connectivity index (χ1) is 28.9. The predicted octanol–water partition coefficient (Wildman–Crippen LogP) is 8.41. The molecule has 2 fully saturated rings. The molecule has 352 valence electrons. The number of oxime groups is 1. The lowest BCUT2D eigenvalue weighted by Crippen LogP contribution is -2.46. The third kappa shape index (κ3) is 17.2. The third-order valence-corrected chi connectivity index (χ3v) is 8.77. The smallest absolute Gasteiger partial charge is 0.411 e. The number of carbonyl (C=O) groups excluding carboxylic acids is 6. The number of rotatable bonds is 7. The Hall–Kier alpha value is -6.13. The van der Waals surface area contributed by atoms with E-state index in [0.29, 0.717) is 24.1 Å². The monoisotopic (exact) mass is 894 g/mol. The lowest BCUT2D eigenvalue weighted by molar-refractivity contribution is -0.465. The van der Waals surface area contributed by atoms with Crippen molar-refractivity contribution in [2.45, 2.75) is 150 Å². The van der Waals surface area contributed by atoms with Gasteiger partial charge in [-0.25, -0.2) is 19.2 Å². The summed E-state index contributed by atoms with van der Waals surface area (Å²) in [6.07, 6.45) is -0.359. The summed E-state index contributed by atoms with van der Waals surface area (Å²) >= 11 is 0. The molecular weight excluding hydrogens is 829 g/mol. The number of hydrogen-bond donors (Lipinski definition) is 0. The number of Topliss-reactive ketones (excluding diaryl/α,β-unsaturated/α-hetero) is 2. The Balaban J connectivity index is 0.000000365. The first-order valence-electron chi connectivity index (χ1n) is 20.5. The second-order valence-electron chi connectivity index (χ2n) is 19.4. The molecular formula is C47H66N4O13. The van der Waals surface area contributed by atoms with Gasteiger partial charge in [0.05, 0.1) is 6.54 Å². The van der Waals surface area contributed by atoms with Crippen LogP contribution in [-0.2, 0) is 33.4 Å². The van der Waals surface area contributed by atoms with Gasteiger partial charge in [-0.2, -0.15) is 0 Å². The molecule has 3 atom stereocenters. The van der Waals surface area contributed by atoms with Gasteiger partial charge in [-0.15, -0.1) is 0 Å². The highest BCUT2D eigenvalue weighted by atomic mass is 16.7. The third-order valence-electron chi connectivity index (χ3n) is 8.77. The molecule has 17 nitrogen and oxygen atoms in total. The quantitative estimate of drug-likeness (QED) is 0.0639. The molecule has 2 aromatic carbocycles. The van der Waals surface area contributed by atoms with E-state index in [-0.39, 0.29) is 38.3 Å². The lowest BCUT2D eigenvalue weighted by atomic mass is 9.91. The summed E-state index contributed by atoms with van der Waals surface area (Å²) in [5.41, 5.74) is -1.62. The Morgan fingerprint density at radius 3 is 1.61 bits per heavy atom. The highest BCUT2D eigenvalue weighted by Gasteiger charge is 2.56. The number of ketones is 2. The summed E-state index contributed by atoms with van der Waals surface area (Å²) in [5.74, 6) is -1.65. The van der Waals surface area contributed by atoms with E-state index in [1.54, 1.807) is 138 Å². The van der Waals surface area contributed by atoms with Gasteiger partial charge in [-0.05, 0) is 83.1 Å². The molecule has 0 aliphatic carbocycles. The van der Waals surface area contributed by atoms with Gasteiger partial charge in [0.15, 0.2) is 5.60 Å². The van der Waals surface area contributed by atoms with Crippen LogP contribution in [0.5, 0.6) is 0 Å². The van der Waals surface area contributed by atoms with Crippen LogP contribution >= 0.6 is 0 Å². The van der Waals surface area contributed by atoms with Crippen LogP contribution in [0.1, 0.15) is 130 Å². The number of hydrogen-bond acceptors (Lipinski definition) is 14. The SMILES string of the molecule is C.C=C1C[C@@H](C(=O)OC(C)(C)C)N(C(=O)OC(C)(C)C)C1.CC(C)(C)OC(=O)[C@@H]1C[C@]2(CC(C(=O)c3ccccc3)=NO2)CN1C(=O)OC(C)(C)C.O=C(C[N+](=O)[O-])c1ccccc1. The summed E-state index contributed by atoms with van der Waals surface area (Å²) in [4.78, 5) is 91.6. The summed E-state index contributed by atoms with van der Waals surface area (Å²) in [5, 5.41) is 14.0. The maximum atomic E-state index is 12.9. The van der Waals surface area contributed by atoms with Crippen molar-refractivity contribution in [1.29, 1.82) is 0 Å². The Morgan fingerprint density at radius 2 is 1.16 bits per heavy atom. The topological polar surface area (TPSA) is 211 Å². The van der Waals surface area contributed by atoms with Crippen molar-refractivity contribution >= 4 is 41.4 Å². The molecule has 2 saturated heterocycles. The first-order valence-corrected chi connectivity index (χ1v) is 20.5. The van der Waals surface area contributed by atoms with E-state index < -0.39 is 81.5 Å². The molecule has 3 aliphatic rings. The van der Waals surface area contributed by atoms with Crippen molar-refractivity contribution in [1.82, 2.24) is 9.80 Å². The molecule has 1 spiro atoms. The van der Waals surface area contributed by atoms with Gasteiger partial charge in [0, 0.05) is 41.9 Å². The van der Waals surface area contributed by atoms with Gasteiger partial charge in [0.25, 0.3) is 6.54 Å². The van der Waals surface area contributed by atoms with E-state index in [1.807, 2.05) is 6.07 Å². The lowest BCUT2D eigenvalue weighted by Gasteiger charge is -2.29. The van der Waals surface area contributed by atoms with Crippen molar-refractivity contribution in [2.75, 3.05) is 19.6 Å². The Bertz CT molecular complexity index is 1970. The molecule has 5 rings (SSSR count). The van der Waals surface area contributed by atoms with Gasteiger partial charge in [0.2, 0.25) is 11.6 Å². The van der Waals surface area contributed by atoms with Crippen molar-refractivity contribution in [3.63, 3.8) is 0 Å². The van der Waals surface area contributed by atoms with Gasteiger partial charge >= 0.3 is 24.1 Å². The maximum absolute atomic E-state index is 12.9. The van der Waals surface area contributed by atoms with E-state index in [2.05, 4.69) is 11.7 Å². The minimum Gasteiger partial charge on any atom is -0.458 e. The summed E-state index contributed by atoms with van der Waals surface area (Å²) in [7, 11) is 0. The van der Waals surface area contributed by atoms with Crippen molar-refractivity contribution in [2.24, 2.45) is 5.16 Å². The van der Waals surface area contributed by atoms with Crippen LogP contribution in [0, 0.1) is 10.1 Å². The first kappa shape index (κ1) is 54.0. The van der Waals surface area contributed by atoms with Crippen LogP contribution in [0.15, 0.2) is 78.0 Å². The number of amides is 2. The number of carbonyl (C=O) groups is 6. The zero-order chi connectivity index (χ0) is 47.7. The summed E-state index contributed by atoms with van der Waals surface area (Å²) < 4.78 is 21.7. The zero-order valence-electron chi connectivity index (χ0n) is 38.5. The average Bonchev–Trinajstić information content (AvgIpc) is 3.86. The number of benzene rings is 2. The minimum atomic E-state index is -0.974. The highest BCUT2D eigenvalue weighted by Crippen LogP contribution is 2.39. The fraction of sp³-hybridized carbons (Fsp3) is 0.553. The Kier molecular flexibility index (Phi) is 18.1. The molecule has 0 saturated carbocycles. The largest absolute Gasteiger partial charge is 0.458 e. The van der Waals surface area contributed by atoms with Crippen LogP contribution in [0.25, 0.3) is 0 Å². The summed E-state index contributed by atoms with van der Waals surface area (Å²) in [6.45, 7) is 24.9. The molecule has 3 aliphatic heterocycles. The van der Waals surface area contributed by atoms with Crippen LogP contribution in [-0.4, -0.2) is 116 Å². The molecule has 0 aromatic heterocycles. The molecule has 17 heteroatoms. The van der Waals surface area contributed by atoms with Gasteiger partial charge < -0.3 is 23.8 Å². The Morgan fingerprint density at radius 1 is 0.719 bits per heavy atom. The molecule has 3 heterocycles. The highest BCUT2D eigenvalue weighted by molar-refractivity contribution is 6.46. The zero-order valence-corrected chi connectivity index (χ0v) is 38.5. The molecule has 0 radical (unpaired) electrons. The number of nitrogens with zero attached hydrogens (tertiary/aromatic N) is 4. The fourth-order valence-electron chi connectivity index (χ4n) is 6.36. The summed E-state index contributed by atoms with van der Waals surface area (Å²) in [6, 6.07) is 15.5. The molecule has 64 heavy (non-hydrogen) atoms. The minimum absolute atomic E-state index is 0. The van der Waals surface area contributed by atoms with Crippen molar-refractivity contribution in [3.05, 3.63) is 94.1 Å². The van der Waals surface area contributed by atoms with E-state index in [9.17, 15) is 38.9 Å². The van der Waals surface area contributed by atoms with Gasteiger partial charge in [-0.3, -0.25) is 29.5 Å². The fourth-order valence-corrected chi connectivity index (χ4v) is 6.36.